The minimum absolute atomic E-state index is 0.103. The highest BCUT2D eigenvalue weighted by atomic mass is 17.1. The van der Waals surface area contributed by atoms with Gasteiger partial charge in [-0.25, -0.2) is 4.89 Å². The van der Waals surface area contributed by atoms with Crippen molar-refractivity contribution in [1.29, 1.82) is 0 Å². The van der Waals surface area contributed by atoms with E-state index in [1.807, 2.05) is 12.1 Å². The number of aliphatic hydroxyl groups excluding tert-OH is 2. The topological polar surface area (TPSA) is 115 Å². The van der Waals surface area contributed by atoms with Crippen LogP contribution in [0.1, 0.15) is 42.5 Å². The molecule has 4 atom stereocenters. The lowest BCUT2D eigenvalue weighted by Gasteiger charge is -2.38. The summed E-state index contributed by atoms with van der Waals surface area (Å²) in [5, 5.41) is 28.9. The molecule has 0 aromatic heterocycles. The number of hydrogen-bond donors (Lipinski definition) is 3. The Morgan fingerprint density at radius 1 is 1.12 bits per heavy atom. The third-order valence-corrected chi connectivity index (χ3v) is 5.42. The fourth-order valence-corrected chi connectivity index (χ4v) is 3.71. The van der Waals surface area contributed by atoms with Gasteiger partial charge in [0.05, 0.1) is 18.8 Å². The Bertz CT molecular complexity index is 882. The zero-order chi connectivity index (χ0) is 23.1. The van der Waals surface area contributed by atoms with Gasteiger partial charge in [0.25, 0.3) is 0 Å². The van der Waals surface area contributed by atoms with Crippen molar-refractivity contribution in [2.75, 3.05) is 6.61 Å². The van der Waals surface area contributed by atoms with Crippen molar-refractivity contribution in [1.82, 2.24) is 0 Å². The zero-order valence-electron chi connectivity index (χ0n) is 18.3. The van der Waals surface area contributed by atoms with Gasteiger partial charge in [-0.05, 0) is 34.7 Å². The van der Waals surface area contributed by atoms with E-state index < -0.39 is 30.6 Å². The van der Waals surface area contributed by atoms with Gasteiger partial charge < -0.3 is 24.4 Å². The van der Waals surface area contributed by atoms with E-state index in [1.54, 1.807) is 6.07 Å². The molecule has 0 bridgehead atoms. The van der Waals surface area contributed by atoms with Crippen LogP contribution in [-0.4, -0.2) is 52.6 Å². The van der Waals surface area contributed by atoms with E-state index in [9.17, 15) is 15.0 Å². The Kier molecular flexibility index (Phi) is 8.60. The molecule has 1 heterocycles. The van der Waals surface area contributed by atoms with Crippen LogP contribution in [0.3, 0.4) is 0 Å². The van der Waals surface area contributed by atoms with Crippen molar-refractivity contribution in [2.24, 2.45) is 0 Å². The lowest BCUT2D eigenvalue weighted by Crippen LogP contribution is -2.53. The van der Waals surface area contributed by atoms with Crippen molar-refractivity contribution in [2.45, 2.75) is 64.3 Å². The first kappa shape index (κ1) is 24.2. The third kappa shape index (κ3) is 6.27. The average molecular weight is 446 g/mol. The van der Waals surface area contributed by atoms with E-state index in [-0.39, 0.29) is 19.6 Å². The largest absolute Gasteiger partial charge is 0.460 e. The van der Waals surface area contributed by atoms with Crippen LogP contribution >= 0.6 is 0 Å². The number of rotatable bonds is 9. The third-order valence-electron chi connectivity index (χ3n) is 5.42. The van der Waals surface area contributed by atoms with E-state index >= 15 is 0 Å². The molecule has 3 N–H and O–H groups in total. The van der Waals surface area contributed by atoms with Gasteiger partial charge in [-0.3, -0.25) is 10.1 Å². The van der Waals surface area contributed by atoms with Crippen LogP contribution in [0, 0.1) is 0 Å². The lowest BCUT2D eigenvalue weighted by atomic mass is 10.00. The number of aliphatic hydroxyl groups is 2. The molecule has 0 amide bonds. The molecule has 8 nitrogen and oxygen atoms in total. The molecule has 0 aliphatic carbocycles. The number of esters is 1. The second-order valence-electron chi connectivity index (χ2n) is 7.86. The molecule has 174 valence electrons. The second kappa shape index (κ2) is 11.4. The molecule has 1 saturated heterocycles. The molecule has 2 aromatic rings. The van der Waals surface area contributed by atoms with Crippen LogP contribution in [0.2, 0.25) is 0 Å². The lowest BCUT2D eigenvalue weighted by molar-refractivity contribution is -0.298. The molecule has 0 unspecified atom stereocenters. The average Bonchev–Trinajstić information content (AvgIpc) is 2.78. The van der Waals surface area contributed by atoms with Gasteiger partial charge in [0.2, 0.25) is 6.29 Å². The number of ether oxygens (including phenoxy) is 3. The quantitative estimate of drug-likeness (QED) is 0.306. The Morgan fingerprint density at radius 2 is 1.81 bits per heavy atom. The standard InChI is InChI=1S/C24H30O8/c1-3-16-4-6-17(7-5-16)10-19-9-8-18(13-25)11-22(19)32-24-23(30-15(2)26)21(27)12-20(31-24)14-29-28/h4-9,11,20-21,23-25,27-28H,3,10,12-14H2,1-2H3/t20-,21-,23+,24-/m0/s1. The van der Waals surface area contributed by atoms with Gasteiger partial charge in [-0.1, -0.05) is 43.3 Å². The zero-order valence-corrected chi connectivity index (χ0v) is 18.3. The summed E-state index contributed by atoms with van der Waals surface area (Å²) in [4.78, 5) is 15.8. The molecule has 0 saturated carbocycles. The monoisotopic (exact) mass is 446 g/mol. The van der Waals surface area contributed by atoms with Gasteiger partial charge in [0, 0.05) is 19.8 Å². The van der Waals surface area contributed by atoms with E-state index in [0.29, 0.717) is 17.7 Å². The highest BCUT2D eigenvalue weighted by Gasteiger charge is 2.42. The van der Waals surface area contributed by atoms with E-state index in [1.165, 1.54) is 12.5 Å². The van der Waals surface area contributed by atoms with Crippen molar-refractivity contribution >= 4 is 5.97 Å². The summed E-state index contributed by atoms with van der Waals surface area (Å²) >= 11 is 0. The summed E-state index contributed by atoms with van der Waals surface area (Å²) in [7, 11) is 0. The number of hydrogen-bond acceptors (Lipinski definition) is 8. The number of benzene rings is 2. The Hall–Kier alpha value is -2.49. The van der Waals surface area contributed by atoms with E-state index in [0.717, 1.165) is 17.5 Å². The van der Waals surface area contributed by atoms with Gasteiger partial charge in [-0.2, -0.15) is 0 Å². The maximum atomic E-state index is 11.6. The minimum atomic E-state index is -1.13. The summed E-state index contributed by atoms with van der Waals surface area (Å²) in [5.74, 6) is -0.139. The van der Waals surface area contributed by atoms with Crippen molar-refractivity contribution in [3.05, 3.63) is 64.7 Å². The molecule has 0 spiro atoms. The second-order valence-corrected chi connectivity index (χ2v) is 7.86. The molecule has 2 aromatic carbocycles. The van der Waals surface area contributed by atoms with Crippen LogP contribution in [0.25, 0.3) is 0 Å². The molecule has 1 fully saturated rings. The van der Waals surface area contributed by atoms with Crippen LogP contribution in [0.5, 0.6) is 5.75 Å². The number of carbonyl (C=O) groups is 1. The summed E-state index contributed by atoms with van der Waals surface area (Å²) in [5.41, 5.74) is 3.80. The molecular weight excluding hydrogens is 416 g/mol. The molecule has 32 heavy (non-hydrogen) atoms. The predicted octanol–water partition coefficient (Wildman–Crippen LogP) is 2.61. The SMILES string of the molecule is CCc1ccc(Cc2ccc(CO)cc2O[C@@H]2O[C@H](COO)C[C@H](O)[C@H]2OC(C)=O)cc1. The summed E-state index contributed by atoms with van der Waals surface area (Å²) in [6.07, 6.45) is -2.28. The van der Waals surface area contributed by atoms with Crippen LogP contribution in [-0.2, 0) is 38.6 Å². The Balaban J connectivity index is 1.88. The number of aryl methyl sites for hydroxylation is 1. The van der Waals surface area contributed by atoms with Gasteiger partial charge in [0.15, 0.2) is 6.10 Å². The maximum absolute atomic E-state index is 11.6. The van der Waals surface area contributed by atoms with Crippen LogP contribution in [0.15, 0.2) is 42.5 Å². The van der Waals surface area contributed by atoms with Crippen molar-refractivity contribution < 1.29 is 39.4 Å². The minimum Gasteiger partial charge on any atom is -0.460 e. The first-order valence-electron chi connectivity index (χ1n) is 10.7. The Morgan fingerprint density at radius 3 is 2.44 bits per heavy atom. The molecule has 0 radical (unpaired) electrons. The first-order valence-corrected chi connectivity index (χ1v) is 10.7. The van der Waals surface area contributed by atoms with Crippen LogP contribution in [0.4, 0.5) is 0 Å². The summed E-state index contributed by atoms with van der Waals surface area (Å²) < 4.78 is 17.2. The number of carbonyl (C=O) groups excluding carboxylic acids is 1. The summed E-state index contributed by atoms with van der Waals surface area (Å²) in [6.45, 7) is 2.99. The predicted molar refractivity (Wildman–Crippen MR) is 115 cm³/mol. The first-order chi connectivity index (χ1) is 15.4. The summed E-state index contributed by atoms with van der Waals surface area (Å²) in [6, 6.07) is 13.6. The van der Waals surface area contributed by atoms with Gasteiger partial charge >= 0.3 is 5.97 Å². The van der Waals surface area contributed by atoms with Gasteiger partial charge in [-0.15, -0.1) is 0 Å². The fourth-order valence-electron chi connectivity index (χ4n) is 3.71. The van der Waals surface area contributed by atoms with E-state index in [2.05, 4.69) is 36.1 Å². The smallest absolute Gasteiger partial charge is 0.303 e. The molecular formula is C24H30O8. The fraction of sp³-hybridized carbons (Fsp3) is 0.458. The van der Waals surface area contributed by atoms with Crippen molar-refractivity contribution in [3.8, 4) is 5.75 Å². The van der Waals surface area contributed by atoms with Crippen LogP contribution < -0.4 is 4.74 Å². The highest BCUT2D eigenvalue weighted by molar-refractivity contribution is 5.66. The maximum Gasteiger partial charge on any atom is 0.303 e. The Labute approximate surface area is 187 Å². The molecule has 1 aliphatic rings. The molecule has 8 heteroatoms. The highest BCUT2D eigenvalue weighted by Crippen LogP contribution is 2.30. The normalized spacial score (nSPS) is 23.0. The molecule has 1 aliphatic heterocycles. The molecule has 3 rings (SSSR count). The van der Waals surface area contributed by atoms with Gasteiger partial charge in [0.1, 0.15) is 12.4 Å². The van der Waals surface area contributed by atoms with Crippen molar-refractivity contribution in [3.63, 3.8) is 0 Å². The van der Waals surface area contributed by atoms with E-state index in [4.69, 9.17) is 19.5 Å².